The lowest BCUT2D eigenvalue weighted by Crippen LogP contribution is -2.41. The van der Waals surface area contributed by atoms with E-state index in [1.165, 1.54) is 0 Å². The molecule has 12 heteroatoms. The first-order valence-electron chi connectivity index (χ1n) is 14.9. The first kappa shape index (κ1) is 34.2. The Labute approximate surface area is 266 Å². The molecule has 242 valence electrons. The van der Waals surface area contributed by atoms with Crippen LogP contribution in [-0.4, -0.2) is 59.1 Å². The Morgan fingerprint density at radius 3 is 2.31 bits per heavy atom. The molecule has 2 atom stereocenters. The number of carbonyl (C=O) groups is 2. The summed E-state index contributed by atoms with van der Waals surface area (Å²) < 4.78 is 51.3. The van der Waals surface area contributed by atoms with Crippen molar-refractivity contribution in [3.05, 3.63) is 86.8 Å². The highest BCUT2D eigenvalue weighted by atomic mass is 35.5. The molecule has 0 spiro atoms. The molecule has 45 heavy (non-hydrogen) atoms. The summed E-state index contributed by atoms with van der Waals surface area (Å²) in [6, 6.07) is 7.39. The Balaban J connectivity index is 0.000000392. The van der Waals surface area contributed by atoms with Gasteiger partial charge >= 0.3 is 12.3 Å². The van der Waals surface area contributed by atoms with Gasteiger partial charge in [-0.05, 0) is 88.4 Å². The molecular formula is C33H38ClF3N4O4. The average molecular weight is 647 g/mol. The lowest BCUT2D eigenvalue weighted by Gasteiger charge is -2.36. The number of rotatable bonds is 7. The van der Waals surface area contributed by atoms with Crippen LogP contribution in [0.2, 0.25) is 5.15 Å². The Kier molecular flexibility index (Phi) is 11.1. The number of cyclic esters (lactones) is 1. The zero-order chi connectivity index (χ0) is 32.9. The highest BCUT2D eigenvalue weighted by Gasteiger charge is 2.41. The number of nitrogens with zero attached hydrogens (tertiary/aromatic N) is 4. The first-order chi connectivity index (χ1) is 21.3. The van der Waals surface area contributed by atoms with Gasteiger partial charge in [0.05, 0.1) is 23.7 Å². The van der Waals surface area contributed by atoms with Crippen LogP contribution < -0.4 is 4.90 Å². The average Bonchev–Trinajstić information content (AvgIpc) is 3.28. The summed E-state index contributed by atoms with van der Waals surface area (Å²) in [4.78, 5) is 35.5. The van der Waals surface area contributed by atoms with Gasteiger partial charge < -0.3 is 14.4 Å². The molecule has 0 saturated carbocycles. The Bertz CT molecular complexity index is 1510. The largest absolute Gasteiger partial charge is 0.439 e. The summed E-state index contributed by atoms with van der Waals surface area (Å²) in [6.07, 6.45) is 0.145. The van der Waals surface area contributed by atoms with E-state index >= 15 is 0 Å². The van der Waals surface area contributed by atoms with E-state index < -0.39 is 30.0 Å². The molecule has 0 aliphatic carbocycles. The van der Waals surface area contributed by atoms with E-state index in [2.05, 4.69) is 16.8 Å². The van der Waals surface area contributed by atoms with Crippen LogP contribution in [-0.2, 0) is 22.2 Å². The third-order valence-electron chi connectivity index (χ3n) is 7.94. The van der Waals surface area contributed by atoms with Crippen molar-refractivity contribution in [2.45, 2.75) is 78.4 Å². The maximum absolute atomic E-state index is 13.4. The van der Waals surface area contributed by atoms with Crippen LogP contribution >= 0.6 is 11.6 Å². The standard InChI is InChI=1S/C26H32F3N3O3.C7H6ClNO/c1-5-31(22-6-8-34-9-7-22)24-20(11-17(3)14-30-24)15-32-18(4)23(35-25(32)33)19-10-16(2)12-21(13-19)26(27,28)29;1-5-2-6(4-10)7(8)9-3-5/h10-14,18,22-23H,5-9,15H2,1-4H3;2-4H,1H3/t18-,23-;/m0./s1. The lowest BCUT2D eigenvalue weighted by atomic mass is 9.98. The lowest BCUT2D eigenvalue weighted by molar-refractivity contribution is -0.137. The molecule has 2 saturated heterocycles. The number of ether oxygens (including phenoxy) is 2. The molecule has 0 N–H and O–H groups in total. The van der Waals surface area contributed by atoms with E-state index in [1.54, 1.807) is 30.2 Å². The monoisotopic (exact) mass is 646 g/mol. The summed E-state index contributed by atoms with van der Waals surface area (Å²) in [5, 5.41) is 0.264. The topological polar surface area (TPSA) is 84.9 Å². The molecule has 4 heterocycles. The van der Waals surface area contributed by atoms with Crippen molar-refractivity contribution < 1.29 is 32.2 Å². The van der Waals surface area contributed by atoms with Gasteiger partial charge in [-0.15, -0.1) is 0 Å². The molecule has 2 aliphatic rings. The van der Waals surface area contributed by atoms with Gasteiger partial charge in [-0.1, -0.05) is 23.2 Å². The summed E-state index contributed by atoms with van der Waals surface area (Å²) >= 11 is 5.55. The normalized spacial score (nSPS) is 18.7. The number of hydrogen-bond donors (Lipinski definition) is 0. The van der Waals surface area contributed by atoms with Gasteiger partial charge in [-0.2, -0.15) is 13.2 Å². The predicted molar refractivity (Wildman–Crippen MR) is 166 cm³/mol. The number of halogens is 4. The molecule has 8 nitrogen and oxygen atoms in total. The van der Waals surface area contributed by atoms with Crippen LogP contribution in [0, 0.1) is 20.8 Å². The Morgan fingerprint density at radius 2 is 1.69 bits per heavy atom. The van der Waals surface area contributed by atoms with Gasteiger partial charge in [0, 0.05) is 43.8 Å². The Hall–Kier alpha value is -3.70. The van der Waals surface area contributed by atoms with Crippen molar-refractivity contribution >= 4 is 29.8 Å². The molecule has 1 aromatic carbocycles. The van der Waals surface area contributed by atoms with Crippen molar-refractivity contribution in [1.82, 2.24) is 14.9 Å². The molecule has 0 bridgehead atoms. The molecule has 0 radical (unpaired) electrons. The minimum atomic E-state index is -4.47. The fraction of sp³-hybridized carbons (Fsp3) is 0.455. The van der Waals surface area contributed by atoms with Crippen molar-refractivity contribution in [2.24, 2.45) is 0 Å². The van der Waals surface area contributed by atoms with Gasteiger partial charge in [0.15, 0.2) is 6.29 Å². The maximum Gasteiger partial charge on any atom is 0.416 e. The third kappa shape index (κ3) is 8.32. The highest BCUT2D eigenvalue weighted by Crippen LogP contribution is 2.38. The molecule has 1 amide bonds. The van der Waals surface area contributed by atoms with Gasteiger partial charge in [0.1, 0.15) is 17.1 Å². The van der Waals surface area contributed by atoms with Gasteiger partial charge in [0.2, 0.25) is 0 Å². The second-order valence-electron chi connectivity index (χ2n) is 11.4. The predicted octanol–water partition coefficient (Wildman–Crippen LogP) is 7.66. The van der Waals surface area contributed by atoms with Gasteiger partial charge in [-0.25, -0.2) is 14.8 Å². The molecule has 5 rings (SSSR count). The molecule has 0 unspecified atom stereocenters. The molecule has 2 aromatic heterocycles. The van der Waals surface area contributed by atoms with Crippen LogP contribution in [0.4, 0.5) is 23.8 Å². The van der Waals surface area contributed by atoms with Crippen LogP contribution in [0.5, 0.6) is 0 Å². The van der Waals surface area contributed by atoms with Gasteiger partial charge in [0.25, 0.3) is 0 Å². The third-order valence-corrected chi connectivity index (χ3v) is 8.26. The van der Waals surface area contributed by atoms with Crippen LogP contribution in [0.3, 0.4) is 0 Å². The van der Waals surface area contributed by atoms with Crippen molar-refractivity contribution in [1.29, 1.82) is 0 Å². The minimum absolute atomic E-state index is 0.262. The highest BCUT2D eigenvalue weighted by molar-refractivity contribution is 6.31. The van der Waals surface area contributed by atoms with E-state index in [1.807, 2.05) is 33.0 Å². The van der Waals surface area contributed by atoms with Crippen LogP contribution in [0.15, 0.2) is 42.7 Å². The number of aldehydes is 1. The Morgan fingerprint density at radius 1 is 1.02 bits per heavy atom. The number of alkyl halides is 3. The zero-order valence-electron chi connectivity index (χ0n) is 26.0. The molecule has 2 aliphatic heterocycles. The second kappa shape index (κ2) is 14.6. The molecule has 2 fully saturated rings. The number of amides is 1. The van der Waals surface area contributed by atoms with Crippen LogP contribution in [0.1, 0.15) is 76.5 Å². The SMILES string of the molecule is CCN(c1ncc(C)cc1CN1C(=O)O[C@H](c2cc(C)cc(C(F)(F)F)c2)[C@@H]1C)C1CCOCC1.Cc1cnc(Cl)c(C=O)c1. The number of carbonyl (C=O) groups excluding carboxylic acids is 2. The number of aromatic nitrogens is 2. The quantitative estimate of drug-likeness (QED) is 0.192. The van der Waals surface area contributed by atoms with E-state index in [-0.39, 0.29) is 11.7 Å². The summed E-state index contributed by atoms with van der Waals surface area (Å²) in [5.41, 5.74) is 3.32. The van der Waals surface area contributed by atoms with E-state index in [0.29, 0.717) is 42.2 Å². The van der Waals surface area contributed by atoms with Gasteiger partial charge in [-0.3, -0.25) is 9.69 Å². The van der Waals surface area contributed by atoms with Crippen LogP contribution in [0.25, 0.3) is 0 Å². The number of benzene rings is 1. The van der Waals surface area contributed by atoms with E-state index in [0.717, 1.165) is 54.0 Å². The second-order valence-corrected chi connectivity index (χ2v) is 11.8. The van der Waals surface area contributed by atoms with Crippen molar-refractivity contribution in [2.75, 3.05) is 24.7 Å². The number of pyridine rings is 2. The van der Waals surface area contributed by atoms with Crippen molar-refractivity contribution in [3.63, 3.8) is 0 Å². The number of aryl methyl sites for hydroxylation is 3. The summed E-state index contributed by atoms with van der Waals surface area (Å²) in [6.45, 7) is 11.7. The summed E-state index contributed by atoms with van der Waals surface area (Å²) in [5.74, 6) is 0.823. The van der Waals surface area contributed by atoms with E-state index in [4.69, 9.17) is 26.1 Å². The number of anilines is 1. The fourth-order valence-corrected chi connectivity index (χ4v) is 5.86. The van der Waals surface area contributed by atoms with Crippen molar-refractivity contribution in [3.8, 4) is 0 Å². The van der Waals surface area contributed by atoms with E-state index in [9.17, 15) is 22.8 Å². The summed E-state index contributed by atoms with van der Waals surface area (Å²) in [7, 11) is 0. The maximum atomic E-state index is 13.4. The molecule has 3 aromatic rings. The molecular weight excluding hydrogens is 609 g/mol. The first-order valence-corrected chi connectivity index (χ1v) is 15.2. The number of hydrogen-bond acceptors (Lipinski definition) is 7. The fourth-order valence-electron chi connectivity index (χ4n) is 5.72. The minimum Gasteiger partial charge on any atom is -0.439 e. The smallest absolute Gasteiger partial charge is 0.416 e. The zero-order valence-corrected chi connectivity index (χ0v) is 26.8.